The third kappa shape index (κ3) is 4.40. The molecule has 2 N–H and O–H groups in total. The summed E-state index contributed by atoms with van der Waals surface area (Å²) in [5.41, 5.74) is 2.03. The number of piperidine rings is 1. The van der Waals surface area contributed by atoms with Crippen molar-refractivity contribution in [1.29, 1.82) is 0 Å². The van der Waals surface area contributed by atoms with Crippen LogP contribution in [0.2, 0.25) is 0 Å². The molecule has 8 heteroatoms. The number of amides is 4. The molecule has 34 heavy (non-hydrogen) atoms. The van der Waals surface area contributed by atoms with Gasteiger partial charge in [0, 0.05) is 36.3 Å². The van der Waals surface area contributed by atoms with Crippen LogP contribution in [0.25, 0.3) is 0 Å². The molecule has 2 aliphatic heterocycles. The van der Waals surface area contributed by atoms with E-state index in [2.05, 4.69) is 10.6 Å². The summed E-state index contributed by atoms with van der Waals surface area (Å²) in [5.74, 6) is -0.787. The standard InChI is InChI=1S/C26H28N4O4/c31-22(29-14-12-17(13-15-29)24(32)28-18-6-2-1-3-7-18)16-27-25(33)23-20-8-4-5-9-21(20)26(34)30(23)19-10-11-19/h1-9,17,19,23H,10-16H2,(H,27,33)(H,28,32). The van der Waals surface area contributed by atoms with Crippen molar-refractivity contribution in [1.82, 2.24) is 15.1 Å². The summed E-state index contributed by atoms with van der Waals surface area (Å²) < 4.78 is 0. The minimum absolute atomic E-state index is 0.0312. The lowest BCUT2D eigenvalue weighted by Gasteiger charge is -2.31. The Morgan fingerprint density at radius 3 is 2.24 bits per heavy atom. The van der Waals surface area contributed by atoms with Gasteiger partial charge in [-0.3, -0.25) is 19.2 Å². The quantitative estimate of drug-likeness (QED) is 0.691. The first-order valence-corrected chi connectivity index (χ1v) is 11.9. The summed E-state index contributed by atoms with van der Waals surface area (Å²) >= 11 is 0. The predicted molar refractivity (Wildman–Crippen MR) is 126 cm³/mol. The second-order valence-corrected chi connectivity index (χ2v) is 9.16. The summed E-state index contributed by atoms with van der Waals surface area (Å²) in [6.07, 6.45) is 2.96. The van der Waals surface area contributed by atoms with Crippen LogP contribution in [-0.4, -0.2) is 59.1 Å². The van der Waals surface area contributed by atoms with Gasteiger partial charge in [-0.05, 0) is 49.4 Å². The van der Waals surface area contributed by atoms with E-state index in [1.54, 1.807) is 21.9 Å². The number of nitrogens with zero attached hydrogens (tertiary/aromatic N) is 2. The monoisotopic (exact) mass is 460 g/mol. The fourth-order valence-corrected chi connectivity index (χ4v) is 4.86. The Bertz CT molecular complexity index is 1110. The van der Waals surface area contributed by atoms with Crippen molar-refractivity contribution in [2.24, 2.45) is 5.92 Å². The number of nitrogens with one attached hydrogen (secondary N) is 2. The second-order valence-electron chi connectivity index (χ2n) is 9.16. The maximum atomic E-state index is 13.1. The number of likely N-dealkylation sites (tertiary alicyclic amines) is 1. The highest BCUT2D eigenvalue weighted by Crippen LogP contribution is 2.41. The topological polar surface area (TPSA) is 98.8 Å². The van der Waals surface area contributed by atoms with Gasteiger partial charge in [0.15, 0.2) is 0 Å². The van der Waals surface area contributed by atoms with Crippen molar-refractivity contribution in [3.05, 3.63) is 65.7 Å². The zero-order valence-corrected chi connectivity index (χ0v) is 18.9. The normalized spacial score (nSPS) is 20.1. The molecule has 5 rings (SSSR count). The third-order valence-electron chi connectivity index (χ3n) is 6.86. The zero-order valence-electron chi connectivity index (χ0n) is 18.9. The lowest BCUT2D eigenvalue weighted by Crippen LogP contribution is -2.47. The Labute approximate surface area is 198 Å². The third-order valence-corrected chi connectivity index (χ3v) is 6.86. The molecule has 0 radical (unpaired) electrons. The molecule has 2 heterocycles. The molecule has 1 aliphatic carbocycles. The predicted octanol–water partition coefficient (Wildman–Crippen LogP) is 2.34. The molecule has 2 fully saturated rings. The molecule has 2 aromatic carbocycles. The largest absolute Gasteiger partial charge is 0.345 e. The Balaban J connectivity index is 1.14. The van der Waals surface area contributed by atoms with Gasteiger partial charge in [0.25, 0.3) is 5.91 Å². The van der Waals surface area contributed by atoms with Gasteiger partial charge in [0.05, 0.1) is 6.54 Å². The van der Waals surface area contributed by atoms with Crippen LogP contribution in [0.4, 0.5) is 5.69 Å². The van der Waals surface area contributed by atoms with Crippen LogP contribution < -0.4 is 10.6 Å². The van der Waals surface area contributed by atoms with Gasteiger partial charge in [-0.1, -0.05) is 36.4 Å². The van der Waals surface area contributed by atoms with E-state index in [-0.39, 0.29) is 42.1 Å². The Hall–Kier alpha value is -3.68. The van der Waals surface area contributed by atoms with Crippen LogP contribution in [0.1, 0.15) is 47.6 Å². The van der Waals surface area contributed by atoms with E-state index in [4.69, 9.17) is 0 Å². The number of carbonyl (C=O) groups is 4. The van der Waals surface area contributed by atoms with Crippen LogP contribution in [0.3, 0.4) is 0 Å². The molecule has 1 saturated carbocycles. The minimum Gasteiger partial charge on any atom is -0.345 e. The van der Waals surface area contributed by atoms with Gasteiger partial charge >= 0.3 is 0 Å². The minimum atomic E-state index is -0.684. The molecule has 176 valence electrons. The van der Waals surface area contributed by atoms with E-state index in [1.165, 1.54) is 0 Å². The number of benzene rings is 2. The molecule has 0 spiro atoms. The van der Waals surface area contributed by atoms with E-state index in [1.807, 2.05) is 42.5 Å². The summed E-state index contributed by atoms with van der Waals surface area (Å²) in [6.45, 7) is 0.826. The van der Waals surface area contributed by atoms with E-state index in [0.717, 1.165) is 18.5 Å². The van der Waals surface area contributed by atoms with Crippen LogP contribution in [0.5, 0.6) is 0 Å². The number of hydrogen-bond acceptors (Lipinski definition) is 4. The van der Waals surface area contributed by atoms with E-state index in [9.17, 15) is 19.2 Å². The summed E-state index contributed by atoms with van der Waals surface area (Å²) in [4.78, 5) is 54.5. The molecule has 8 nitrogen and oxygen atoms in total. The van der Waals surface area contributed by atoms with Gasteiger partial charge < -0.3 is 20.4 Å². The SMILES string of the molecule is O=C(Nc1ccccc1)C1CCN(C(=O)CNC(=O)C2c3ccccc3C(=O)N2C2CC2)CC1. The van der Waals surface area contributed by atoms with Crippen molar-refractivity contribution in [2.75, 3.05) is 25.0 Å². The van der Waals surface area contributed by atoms with Crippen LogP contribution in [0, 0.1) is 5.92 Å². The van der Waals surface area contributed by atoms with Gasteiger partial charge in [0.1, 0.15) is 6.04 Å². The summed E-state index contributed by atoms with van der Waals surface area (Å²) in [5, 5.41) is 5.68. The van der Waals surface area contributed by atoms with Gasteiger partial charge in [-0.2, -0.15) is 0 Å². The van der Waals surface area contributed by atoms with Crippen molar-refractivity contribution < 1.29 is 19.2 Å². The molecule has 1 atom stereocenters. The molecule has 2 aromatic rings. The first-order chi connectivity index (χ1) is 16.5. The zero-order chi connectivity index (χ0) is 23.7. The van der Waals surface area contributed by atoms with Crippen LogP contribution in [-0.2, 0) is 14.4 Å². The average Bonchev–Trinajstić information content (AvgIpc) is 3.66. The van der Waals surface area contributed by atoms with E-state index in [0.29, 0.717) is 37.1 Å². The maximum Gasteiger partial charge on any atom is 0.255 e. The van der Waals surface area contributed by atoms with Gasteiger partial charge in [-0.25, -0.2) is 0 Å². The number of anilines is 1. The summed E-state index contributed by atoms with van der Waals surface area (Å²) in [7, 11) is 0. The molecule has 1 saturated heterocycles. The molecule has 3 aliphatic rings. The molecule has 4 amide bonds. The van der Waals surface area contributed by atoms with Crippen molar-refractivity contribution in [3.63, 3.8) is 0 Å². The van der Waals surface area contributed by atoms with E-state index >= 15 is 0 Å². The molecule has 1 unspecified atom stereocenters. The van der Waals surface area contributed by atoms with Crippen molar-refractivity contribution in [2.45, 2.75) is 37.8 Å². The lowest BCUT2D eigenvalue weighted by molar-refractivity contribution is -0.136. The fourth-order valence-electron chi connectivity index (χ4n) is 4.86. The molecule has 0 bridgehead atoms. The van der Waals surface area contributed by atoms with Crippen molar-refractivity contribution >= 4 is 29.3 Å². The van der Waals surface area contributed by atoms with E-state index < -0.39 is 6.04 Å². The summed E-state index contributed by atoms with van der Waals surface area (Å²) in [6, 6.07) is 15.9. The molecule has 0 aromatic heterocycles. The fraction of sp³-hybridized carbons (Fsp3) is 0.385. The lowest BCUT2D eigenvalue weighted by atomic mass is 9.95. The van der Waals surface area contributed by atoms with Crippen LogP contribution >= 0.6 is 0 Å². The molecular weight excluding hydrogens is 432 g/mol. The highest BCUT2D eigenvalue weighted by molar-refractivity contribution is 6.05. The number of hydrogen-bond donors (Lipinski definition) is 2. The van der Waals surface area contributed by atoms with Crippen molar-refractivity contribution in [3.8, 4) is 0 Å². The van der Waals surface area contributed by atoms with Gasteiger partial charge in [0.2, 0.25) is 17.7 Å². The molecular formula is C26H28N4O4. The highest BCUT2D eigenvalue weighted by Gasteiger charge is 2.47. The second kappa shape index (κ2) is 9.29. The number of carbonyl (C=O) groups excluding carboxylic acids is 4. The van der Waals surface area contributed by atoms with Crippen LogP contribution in [0.15, 0.2) is 54.6 Å². The first kappa shape index (κ1) is 22.1. The average molecular weight is 461 g/mol. The maximum absolute atomic E-state index is 13.1. The Morgan fingerprint density at radius 2 is 1.53 bits per heavy atom. The first-order valence-electron chi connectivity index (χ1n) is 11.9. The Morgan fingerprint density at radius 1 is 0.853 bits per heavy atom. The smallest absolute Gasteiger partial charge is 0.255 e. The number of fused-ring (bicyclic) bond motifs is 1. The highest BCUT2D eigenvalue weighted by atomic mass is 16.2. The Kier molecular flexibility index (Phi) is 6.04. The van der Waals surface area contributed by atoms with Gasteiger partial charge in [-0.15, -0.1) is 0 Å². The number of rotatable bonds is 6. The number of para-hydroxylation sites is 1.